The van der Waals surface area contributed by atoms with Crippen LogP contribution >= 0.6 is 0 Å². The fraction of sp³-hybridized carbons (Fsp3) is 0.556. The van der Waals surface area contributed by atoms with Crippen LogP contribution in [0.2, 0.25) is 0 Å². The molecule has 0 heteroatoms. The Labute approximate surface area is 58.3 Å². The Bertz CT molecular complexity index is 118. The summed E-state index contributed by atoms with van der Waals surface area (Å²) in [6.07, 6.45) is 4.34. The molecule has 0 unspecified atom stereocenters. The molecular formula is C9H16. The van der Waals surface area contributed by atoms with E-state index in [-0.39, 0.29) is 0 Å². The molecule has 0 rings (SSSR count). The normalized spacial score (nSPS) is 11.7. The molecule has 0 heterocycles. The highest BCUT2D eigenvalue weighted by Gasteiger charge is 1.93. The largest absolute Gasteiger partial charge is 0.0956 e. The van der Waals surface area contributed by atoms with Crippen LogP contribution in [0.25, 0.3) is 0 Å². The molecule has 0 spiro atoms. The summed E-state index contributed by atoms with van der Waals surface area (Å²) in [6.45, 7) is 10.3. The third-order valence-corrected chi connectivity index (χ3v) is 1.61. The second kappa shape index (κ2) is 4.37. The molecule has 9 heavy (non-hydrogen) atoms. The number of hydrogen-bond acceptors (Lipinski definition) is 0. The van der Waals surface area contributed by atoms with Crippen molar-refractivity contribution in [3.05, 3.63) is 23.8 Å². The van der Waals surface area contributed by atoms with Crippen molar-refractivity contribution < 1.29 is 0 Å². The Morgan fingerprint density at radius 3 is 2.00 bits per heavy atom. The lowest BCUT2D eigenvalue weighted by Crippen LogP contribution is -1.82. The van der Waals surface area contributed by atoms with Gasteiger partial charge in [0.2, 0.25) is 0 Å². The fourth-order valence-electron chi connectivity index (χ4n) is 0.885. The molecule has 0 bridgehead atoms. The Balaban J connectivity index is 3.97. The predicted octanol–water partition coefficient (Wildman–Crippen LogP) is 3.31. The standard InChI is InChI=1S/C9H16/c1-5-8(4)9(6-2)7-3/h6H,4-5,7H2,1-3H3/b9-6+. The van der Waals surface area contributed by atoms with Gasteiger partial charge >= 0.3 is 0 Å². The van der Waals surface area contributed by atoms with E-state index < -0.39 is 0 Å². The highest BCUT2D eigenvalue weighted by molar-refractivity contribution is 5.26. The zero-order valence-electron chi connectivity index (χ0n) is 6.70. The van der Waals surface area contributed by atoms with Gasteiger partial charge in [0.15, 0.2) is 0 Å². The van der Waals surface area contributed by atoms with Crippen LogP contribution in [0.4, 0.5) is 0 Å². The average Bonchev–Trinajstić information content (AvgIpc) is 1.90. The lowest BCUT2D eigenvalue weighted by atomic mass is 10.0. The summed E-state index contributed by atoms with van der Waals surface area (Å²) in [5.41, 5.74) is 2.68. The molecule has 0 fully saturated rings. The smallest absolute Gasteiger partial charge is 0.0308 e. The lowest BCUT2D eigenvalue weighted by Gasteiger charge is -2.03. The SMILES string of the molecule is C=C(CC)/C(=C/C)CC. The van der Waals surface area contributed by atoms with E-state index in [0.29, 0.717) is 0 Å². The highest BCUT2D eigenvalue weighted by atomic mass is 14.0. The van der Waals surface area contributed by atoms with Gasteiger partial charge in [0.1, 0.15) is 0 Å². The minimum absolute atomic E-state index is 1.08. The third kappa shape index (κ3) is 2.50. The topological polar surface area (TPSA) is 0 Å². The summed E-state index contributed by atoms with van der Waals surface area (Å²) >= 11 is 0. The van der Waals surface area contributed by atoms with Crippen LogP contribution in [0, 0.1) is 0 Å². The Hall–Kier alpha value is -0.520. The molecule has 0 aliphatic carbocycles. The minimum atomic E-state index is 1.08. The van der Waals surface area contributed by atoms with Gasteiger partial charge in [-0.25, -0.2) is 0 Å². The molecule has 0 aliphatic heterocycles. The molecule has 0 atom stereocenters. The summed E-state index contributed by atoms with van der Waals surface area (Å²) < 4.78 is 0. The van der Waals surface area contributed by atoms with Gasteiger partial charge in [0.25, 0.3) is 0 Å². The quantitative estimate of drug-likeness (QED) is 0.506. The molecule has 0 radical (unpaired) electrons. The van der Waals surface area contributed by atoms with Crippen molar-refractivity contribution in [3.8, 4) is 0 Å². The molecule has 0 aromatic rings. The van der Waals surface area contributed by atoms with Gasteiger partial charge in [-0.15, -0.1) is 0 Å². The van der Waals surface area contributed by atoms with Gasteiger partial charge in [0, 0.05) is 0 Å². The number of rotatable bonds is 3. The van der Waals surface area contributed by atoms with Crippen molar-refractivity contribution in [1.82, 2.24) is 0 Å². The van der Waals surface area contributed by atoms with E-state index in [0.717, 1.165) is 12.8 Å². The van der Waals surface area contributed by atoms with Crippen molar-refractivity contribution >= 4 is 0 Å². The van der Waals surface area contributed by atoms with E-state index in [2.05, 4.69) is 33.4 Å². The summed E-state index contributed by atoms with van der Waals surface area (Å²) in [7, 11) is 0. The van der Waals surface area contributed by atoms with Gasteiger partial charge in [-0.1, -0.05) is 32.1 Å². The van der Waals surface area contributed by atoms with Gasteiger partial charge < -0.3 is 0 Å². The van der Waals surface area contributed by atoms with E-state index in [4.69, 9.17) is 0 Å². The van der Waals surface area contributed by atoms with Crippen LogP contribution in [0.15, 0.2) is 23.8 Å². The Kier molecular flexibility index (Phi) is 4.12. The monoisotopic (exact) mass is 124 g/mol. The third-order valence-electron chi connectivity index (χ3n) is 1.61. The van der Waals surface area contributed by atoms with Crippen molar-refractivity contribution in [2.75, 3.05) is 0 Å². The van der Waals surface area contributed by atoms with E-state index in [1.165, 1.54) is 11.1 Å². The first-order valence-corrected chi connectivity index (χ1v) is 3.59. The van der Waals surface area contributed by atoms with E-state index in [1.54, 1.807) is 0 Å². The molecule has 52 valence electrons. The van der Waals surface area contributed by atoms with Gasteiger partial charge in [0.05, 0.1) is 0 Å². The van der Waals surface area contributed by atoms with Crippen molar-refractivity contribution in [2.24, 2.45) is 0 Å². The maximum atomic E-state index is 3.95. The summed E-state index contributed by atoms with van der Waals surface area (Å²) in [5, 5.41) is 0. The van der Waals surface area contributed by atoms with Crippen molar-refractivity contribution in [2.45, 2.75) is 33.6 Å². The zero-order chi connectivity index (χ0) is 7.28. The van der Waals surface area contributed by atoms with Crippen molar-refractivity contribution in [3.63, 3.8) is 0 Å². The van der Waals surface area contributed by atoms with Crippen LogP contribution < -0.4 is 0 Å². The van der Waals surface area contributed by atoms with Crippen LogP contribution in [-0.4, -0.2) is 0 Å². The van der Waals surface area contributed by atoms with Crippen molar-refractivity contribution in [1.29, 1.82) is 0 Å². The summed E-state index contributed by atoms with van der Waals surface area (Å²) in [6, 6.07) is 0. The van der Waals surface area contributed by atoms with E-state index in [1.807, 2.05) is 0 Å². The average molecular weight is 124 g/mol. The van der Waals surface area contributed by atoms with Crippen LogP contribution in [0.3, 0.4) is 0 Å². The van der Waals surface area contributed by atoms with Gasteiger partial charge in [-0.3, -0.25) is 0 Å². The van der Waals surface area contributed by atoms with Crippen LogP contribution in [-0.2, 0) is 0 Å². The first-order chi connectivity index (χ1) is 4.26. The molecule has 0 saturated carbocycles. The molecule has 0 amide bonds. The molecule has 0 saturated heterocycles. The maximum absolute atomic E-state index is 3.95. The first-order valence-electron chi connectivity index (χ1n) is 3.59. The Morgan fingerprint density at radius 1 is 1.33 bits per heavy atom. The zero-order valence-corrected chi connectivity index (χ0v) is 6.70. The van der Waals surface area contributed by atoms with Crippen LogP contribution in [0.1, 0.15) is 33.6 Å². The van der Waals surface area contributed by atoms with E-state index in [9.17, 15) is 0 Å². The minimum Gasteiger partial charge on any atom is -0.0956 e. The second-order valence-corrected chi connectivity index (χ2v) is 2.12. The maximum Gasteiger partial charge on any atom is -0.0308 e. The molecule has 0 aromatic carbocycles. The second-order valence-electron chi connectivity index (χ2n) is 2.12. The summed E-state index contributed by atoms with van der Waals surface area (Å²) in [4.78, 5) is 0. The molecule has 0 N–H and O–H groups in total. The van der Waals surface area contributed by atoms with Crippen LogP contribution in [0.5, 0.6) is 0 Å². The fourth-order valence-corrected chi connectivity index (χ4v) is 0.885. The lowest BCUT2D eigenvalue weighted by molar-refractivity contribution is 1.03. The molecular weight excluding hydrogens is 108 g/mol. The molecule has 0 aromatic heterocycles. The van der Waals surface area contributed by atoms with E-state index >= 15 is 0 Å². The molecule has 0 aliphatic rings. The number of hydrogen-bond donors (Lipinski definition) is 0. The summed E-state index contributed by atoms with van der Waals surface area (Å²) in [5.74, 6) is 0. The van der Waals surface area contributed by atoms with Gasteiger partial charge in [-0.05, 0) is 25.3 Å². The highest BCUT2D eigenvalue weighted by Crippen LogP contribution is 2.13. The number of allylic oxidation sites excluding steroid dienone is 3. The molecule has 0 nitrogen and oxygen atoms in total. The van der Waals surface area contributed by atoms with Gasteiger partial charge in [-0.2, -0.15) is 0 Å². The Morgan fingerprint density at radius 2 is 1.89 bits per heavy atom. The first kappa shape index (κ1) is 8.48. The predicted molar refractivity (Wildman–Crippen MR) is 43.5 cm³/mol.